The fraction of sp³-hybridized carbons (Fsp3) is 1.00. The van der Waals surface area contributed by atoms with Gasteiger partial charge >= 0.3 is 0 Å². The third-order valence-electron chi connectivity index (χ3n) is 4.79. The highest BCUT2D eigenvalue weighted by Crippen LogP contribution is 2.35. The maximum atomic E-state index is 5.47. The van der Waals surface area contributed by atoms with Gasteiger partial charge in [-0.15, -0.1) is 0 Å². The summed E-state index contributed by atoms with van der Waals surface area (Å²) in [6, 6.07) is 0. The van der Waals surface area contributed by atoms with Crippen LogP contribution >= 0.6 is 0 Å². The fourth-order valence-electron chi connectivity index (χ4n) is 2.00. The minimum Gasteiger partial charge on any atom is -0.237 e. The molecule has 0 aromatic carbocycles. The van der Waals surface area contributed by atoms with E-state index in [2.05, 4.69) is 41.5 Å². The van der Waals surface area contributed by atoms with Crippen LogP contribution in [-0.2, 0) is 9.78 Å². The van der Waals surface area contributed by atoms with Gasteiger partial charge in [-0.1, -0.05) is 67.2 Å². The SMILES string of the molecule is CCCCCCOOCC(C)(CC)CCC(C)(C)CC. The molecule has 0 rings (SSSR count). The van der Waals surface area contributed by atoms with E-state index < -0.39 is 0 Å². The smallest absolute Gasteiger partial charge is 0.0875 e. The van der Waals surface area contributed by atoms with Gasteiger partial charge in [0.2, 0.25) is 0 Å². The highest BCUT2D eigenvalue weighted by Gasteiger charge is 2.26. The summed E-state index contributed by atoms with van der Waals surface area (Å²) in [5.41, 5.74) is 0.688. The van der Waals surface area contributed by atoms with E-state index in [0.717, 1.165) is 26.1 Å². The molecule has 0 fully saturated rings. The van der Waals surface area contributed by atoms with Crippen LogP contribution in [0.5, 0.6) is 0 Å². The molecule has 0 aromatic rings. The molecule has 0 heterocycles. The van der Waals surface area contributed by atoms with Crippen molar-refractivity contribution < 1.29 is 9.78 Å². The van der Waals surface area contributed by atoms with E-state index in [1.54, 1.807) is 0 Å². The zero-order valence-electron chi connectivity index (χ0n) is 14.9. The van der Waals surface area contributed by atoms with Crippen LogP contribution in [0.4, 0.5) is 0 Å². The number of rotatable bonds is 13. The molecule has 20 heavy (non-hydrogen) atoms. The summed E-state index contributed by atoms with van der Waals surface area (Å²) < 4.78 is 0. The summed E-state index contributed by atoms with van der Waals surface area (Å²) in [5.74, 6) is 0. The largest absolute Gasteiger partial charge is 0.237 e. The maximum absolute atomic E-state index is 5.47. The lowest BCUT2D eigenvalue weighted by Crippen LogP contribution is -2.25. The van der Waals surface area contributed by atoms with Crippen LogP contribution < -0.4 is 0 Å². The molecule has 2 heteroatoms. The van der Waals surface area contributed by atoms with Crippen molar-refractivity contribution in [3.8, 4) is 0 Å². The molecule has 122 valence electrons. The molecule has 0 saturated carbocycles. The minimum absolute atomic E-state index is 0.246. The predicted molar refractivity (Wildman–Crippen MR) is 87.8 cm³/mol. The first kappa shape index (κ1) is 19.9. The molecule has 0 spiro atoms. The molecule has 0 radical (unpaired) electrons. The lowest BCUT2D eigenvalue weighted by Gasteiger charge is -2.32. The molecule has 0 aromatic heterocycles. The monoisotopic (exact) mass is 286 g/mol. The van der Waals surface area contributed by atoms with Crippen molar-refractivity contribution in [2.75, 3.05) is 13.2 Å². The topological polar surface area (TPSA) is 18.5 Å². The zero-order chi connectivity index (χ0) is 15.5. The summed E-state index contributed by atoms with van der Waals surface area (Å²) in [6.07, 6.45) is 9.77. The van der Waals surface area contributed by atoms with Crippen LogP contribution in [0, 0.1) is 10.8 Å². The molecular weight excluding hydrogens is 248 g/mol. The standard InChI is InChI=1S/C18H38O2/c1-7-10-11-12-15-19-20-16-18(6,9-3)14-13-17(4,5)8-2/h7-16H2,1-6H3. The highest BCUT2D eigenvalue weighted by molar-refractivity contribution is 4.76. The average Bonchev–Trinajstić information content (AvgIpc) is 2.44. The van der Waals surface area contributed by atoms with Crippen molar-refractivity contribution in [1.29, 1.82) is 0 Å². The Balaban J connectivity index is 3.83. The van der Waals surface area contributed by atoms with Gasteiger partial charge in [0.15, 0.2) is 0 Å². The number of unbranched alkanes of at least 4 members (excludes halogenated alkanes) is 3. The molecule has 0 saturated heterocycles. The Kier molecular flexibility index (Phi) is 10.6. The van der Waals surface area contributed by atoms with Crippen molar-refractivity contribution >= 4 is 0 Å². The molecule has 0 aliphatic heterocycles. The van der Waals surface area contributed by atoms with Crippen molar-refractivity contribution in [2.24, 2.45) is 10.8 Å². The summed E-state index contributed by atoms with van der Waals surface area (Å²) in [4.78, 5) is 10.8. The third kappa shape index (κ3) is 9.77. The summed E-state index contributed by atoms with van der Waals surface area (Å²) in [7, 11) is 0. The van der Waals surface area contributed by atoms with Crippen LogP contribution in [0.15, 0.2) is 0 Å². The lowest BCUT2D eigenvalue weighted by molar-refractivity contribution is -0.310. The molecule has 1 atom stereocenters. The van der Waals surface area contributed by atoms with E-state index >= 15 is 0 Å². The molecule has 0 bridgehead atoms. The van der Waals surface area contributed by atoms with E-state index in [1.165, 1.54) is 38.5 Å². The molecule has 0 amide bonds. The minimum atomic E-state index is 0.246. The second kappa shape index (κ2) is 10.6. The van der Waals surface area contributed by atoms with Crippen molar-refractivity contribution in [1.82, 2.24) is 0 Å². The van der Waals surface area contributed by atoms with Crippen LogP contribution in [-0.4, -0.2) is 13.2 Å². The van der Waals surface area contributed by atoms with E-state index in [4.69, 9.17) is 9.78 Å². The van der Waals surface area contributed by atoms with Gasteiger partial charge in [0.05, 0.1) is 13.2 Å². The Morgan fingerprint density at radius 1 is 0.750 bits per heavy atom. The van der Waals surface area contributed by atoms with Gasteiger partial charge in [0.1, 0.15) is 0 Å². The first-order valence-corrected chi connectivity index (χ1v) is 8.63. The summed E-state index contributed by atoms with van der Waals surface area (Å²) >= 11 is 0. The van der Waals surface area contributed by atoms with Gasteiger partial charge in [-0.25, -0.2) is 9.78 Å². The average molecular weight is 286 g/mol. The van der Waals surface area contributed by atoms with Crippen molar-refractivity contribution in [2.45, 2.75) is 92.9 Å². The quantitative estimate of drug-likeness (QED) is 0.230. The predicted octanol–water partition coefficient (Wildman–Crippen LogP) is 6.15. The Labute approximate surface area is 127 Å². The Morgan fingerprint density at radius 3 is 2.00 bits per heavy atom. The molecular formula is C18H38O2. The van der Waals surface area contributed by atoms with Gasteiger partial charge in [-0.3, -0.25) is 0 Å². The van der Waals surface area contributed by atoms with Gasteiger partial charge < -0.3 is 0 Å². The van der Waals surface area contributed by atoms with Gasteiger partial charge in [-0.2, -0.15) is 0 Å². The van der Waals surface area contributed by atoms with Crippen LogP contribution in [0.1, 0.15) is 92.9 Å². The first-order valence-electron chi connectivity index (χ1n) is 8.63. The number of hydrogen-bond donors (Lipinski definition) is 0. The van der Waals surface area contributed by atoms with Gasteiger partial charge in [-0.05, 0) is 36.5 Å². The Morgan fingerprint density at radius 2 is 1.45 bits per heavy atom. The van der Waals surface area contributed by atoms with Gasteiger partial charge in [0.25, 0.3) is 0 Å². The second-order valence-electron chi connectivity index (χ2n) is 7.33. The highest BCUT2D eigenvalue weighted by atomic mass is 17.2. The molecule has 0 aliphatic carbocycles. The molecule has 1 unspecified atom stereocenters. The second-order valence-corrected chi connectivity index (χ2v) is 7.33. The molecule has 0 N–H and O–H groups in total. The fourth-order valence-corrected chi connectivity index (χ4v) is 2.00. The van der Waals surface area contributed by atoms with Crippen LogP contribution in [0.2, 0.25) is 0 Å². The first-order chi connectivity index (χ1) is 9.39. The lowest BCUT2D eigenvalue weighted by atomic mass is 9.76. The Bertz CT molecular complexity index is 225. The van der Waals surface area contributed by atoms with Gasteiger partial charge in [0, 0.05) is 0 Å². The van der Waals surface area contributed by atoms with Crippen molar-refractivity contribution in [3.05, 3.63) is 0 Å². The maximum Gasteiger partial charge on any atom is 0.0875 e. The number of hydrogen-bond acceptors (Lipinski definition) is 2. The zero-order valence-corrected chi connectivity index (χ0v) is 14.9. The van der Waals surface area contributed by atoms with Crippen LogP contribution in [0.25, 0.3) is 0 Å². The Hall–Kier alpha value is -0.0800. The van der Waals surface area contributed by atoms with Crippen molar-refractivity contribution in [3.63, 3.8) is 0 Å². The van der Waals surface area contributed by atoms with E-state index in [1.807, 2.05) is 0 Å². The molecule has 0 aliphatic rings. The van der Waals surface area contributed by atoms with E-state index in [0.29, 0.717) is 5.41 Å². The van der Waals surface area contributed by atoms with E-state index in [-0.39, 0.29) is 5.41 Å². The van der Waals surface area contributed by atoms with E-state index in [9.17, 15) is 0 Å². The molecule has 2 nitrogen and oxygen atoms in total. The summed E-state index contributed by atoms with van der Waals surface area (Å²) in [6.45, 7) is 15.2. The normalized spacial score (nSPS) is 15.3. The third-order valence-corrected chi connectivity index (χ3v) is 4.79. The summed E-state index contributed by atoms with van der Waals surface area (Å²) in [5, 5.41) is 0. The van der Waals surface area contributed by atoms with Crippen LogP contribution in [0.3, 0.4) is 0 Å².